The molecule has 0 atom stereocenters. The summed E-state index contributed by atoms with van der Waals surface area (Å²) in [6.45, 7) is 2.45. The van der Waals surface area contributed by atoms with E-state index in [2.05, 4.69) is 10.3 Å². The summed E-state index contributed by atoms with van der Waals surface area (Å²) >= 11 is 0. The van der Waals surface area contributed by atoms with E-state index < -0.39 is 5.82 Å². The van der Waals surface area contributed by atoms with E-state index in [1.807, 2.05) is 0 Å². The molecule has 0 fully saturated rings. The second-order valence-corrected chi connectivity index (χ2v) is 4.12. The summed E-state index contributed by atoms with van der Waals surface area (Å²) in [4.78, 5) is 15.7. The minimum Gasteiger partial charge on any atom is -0.491 e. The smallest absolute Gasteiger partial charge is 0.253 e. The lowest BCUT2D eigenvalue weighted by Gasteiger charge is -2.08. The fourth-order valence-corrected chi connectivity index (χ4v) is 1.71. The molecule has 2 rings (SSSR count). The maximum atomic E-state index is 13.6. The number of amides is 1. The first-order chi connectivity index (χ1) is 9.70. The third-order valence-electron chi connectivity index (χ3n) is 2.67. The van der Waals surface area contributed by atoms with Gasteiger partial charge in [0, 0.05) is 18.9 Å². The Labute approximate surface area is 116 Å². The lowest BCUT2D eigenvalue weighted by atomic mass is 10.2. The first kappa shape index (κ1) is 14.0. The van der Waals surface area contributed by atoms with Crippen molar-refractivity contribution in [1.29, 1.82) is 0 Å². The van der Waals surface area contributed by atoms with Gasteiger partial charge in [-0.1, -0.05) is 6.07 Å². The van der Waals surface area contributed by atoms with Crippen LogP contribution in [0.1, 0.15) is 22.8 Å². The number of rotatable bonds is 5. The Hall–Kier alpha value is -2.43. The van der Waals surface area contributed by atoms with Crippen LogP contribution in [0.4, 0.5) is 4.39 Å². The highest BCUT2D eigenvalue weighted by Crippen LogP contribution is 2.18. The van der Waals surface area contributed by atoms with Gasteiger partial charge in [0.1, 0.15) is 0 Å². The maximum Gasteiger partial charge on any atom is 0.253 e. The lowest BCUT2D eigenvalue weighted by Crippen LogP contribution is -2.22. The van der Waals surface area contributed by atoms with E-state index in [1.54, 1.807) is 37.4 Å². The minimum atomic E-state index is -0.431. The molecule has 1 heterocycles. The van der Waals surface area contributed by atoms with E-state index in [0.29, 0.717) is 17.7 Å². The van der Waals surface area contributed by atoms with Crippen molar-refractivity contribution in [3.63, 3.8) is 0 Å². The molecule has 1 aromatic heterocycles. The summed E-state index contributed by atoms with van der Waals surface area (Å²) in [5.74, 6) is -0.456. The van der Waals surface area contributed by atoms with Crippen molar-refractivity contribution in [3.8, 4) is 5.75 Å². The van der Waals surface area contributed by atoms with E-state index in [4.69, 9.17) is 4.74 Å². The number of nitrogens with one attached hydrogen (secondary N) is 1. The van der Waals surface area contributed by atoms with E-state index in [0.717, 1.165) is 0 Å². The van der Waals surface area contributed by atoms with Gasteiger partial charge in [-0.25, -0.2) is 4.39 Å². The number of hydrogen-bond acceptors (Lipinski definition) is 3. The molecule has 5 heteroatoms. The summed E-state index contributed by atoms with van der Waals surface area (Å²) < 4.78 is 18.8. The molecule has 0 spiro atoms. The zero-order valence-corrected chi connectivity index (χ0v) is 11.1. The third-order valence-corrected chi connectivity index (χ3v) is 2.67. The SMILES string of the molecule is CCOc1ccc(CNC(=O)c2cccnc2)cc1F. The molecule has 0 bridgehead atoms. The number of benzene rings is 1. The fraction of sp³-hybridized carbons (Fsp3) is 0.200. The second-order valence-electron chi connectivity index (χ2n) is 4.12. The van der Waals surface area contributed by atoms with Crippen molar-refractivity contribution in [2.24, 2.45) is 0 Å². The van der Waals surface area contributed by atoms with Gasteiger partial charge in [0.15, 0.2) is 11.6 Å². The van der Waals surface area contributed by atoms with Crippen molar-refractivity contribution < 1.29 is 13.9 Å². The van der Waals surface area contributed by atoms with Crippen molar-refractivity contribution in [3.05, 3.63) is 59.7 Å². The van der Waals surface area contributed by atoms with Crippen LogP contribution in [0.25, 0.3) is 0 Å². The van der Waals surface area contributed by atoms with Gasteiger partial charge in [0.2, 0.25) is 0 Å². The van der Waals surface area contributed by atoms with Gasteiger partial charge in [-0.3, -0.25) is 9.78 Å². The molecule has 0 radical (unpaired) electrons. The molecular formula is C15H15FN2O2. The van der Waals surface area contributed by atoms with Crippen LogP contribution < -0.4 is 10.1 Å². The largest absolute Gasteiger partial charge is 0.491 e. The van der Waals surface area contributed by atoms with Crippen LogP contribution >= 0.6 is 0 Å². The van der Waals surface area contributed by atoms with Crippen LogP contribution in [0.3, 0.4) is 0 Å². The van der Waals surface area contributed by atoms with Crippen molar-refractivity contribution in [2.45, 2.75) is 13.5 Å². The molecule has 0 aliphatic rings. The highest BCUT2D eigenvalue weighted by molar-refractivity contribution is 5.93. The molecule has 1 N–H and O–H groups in total. The lowest BCUT2D eigenvalue weighted by molar-refractivity contribution is 0.0950. The summed E-state index contributed by atoms with van der Waals surface area (Å²) in [5, 5.41) is 2.71. The maximum absolute atomic E-state index is 13.6. The first-order valence-electron chi connectivity index (χ1n) is 6.30. The summed E-state index contributed by atoms with van der Waals surface area (Å²) in [6.07, 6.45) is 3.08. The standard InChI is InChI=1S/C15H15FN2O2/c1-2-20-14-6-5-11(8-13(14)16)9-18-15(19)12-4-3-7-17-10-12/h3-8,10H,2,9H2,1H3,(H,18,19). The Balaban J connectivity index is 1.97. The topological polar surface area (TPSA) is 51.2 Å². The van der Waals surface area contributed by atoms with E-state index in [1.165, 1.54) is 12.3 Å². The summed E-state index contributed by atoms with van der Waals surface area (Å²) in [5.41, 5.74) is 1.14. The molecule has 2 aromatic rings. The molecule has 104 valence electrons. The van der Waals surface area contributed by atoms with Gasteiger partial charge in [-0.2, -0.15) is 0 Å². The van der Waals surface area contributed by atoms with Crippen LogP contribution in [-0.4, -0.2) is 17.5 Å². The van der Waals surface area contributed by atoms with E-state index >= 15 is 0 Å². The van der Waals surface area contributed by atoms with Gasteiger partial charge in [0.05, 0.1) is 12.2 Å². The Morgan fingerprint density at radius 3 is 2.90 bits per heavy atom. The number of carbonyl (C=O) groups excluding carboxylic acids is 1. The quantitative estimate of drug-likeness (QED) is 0.911. The molecule has 0 unspecified atom stereocenters. The normalized spacial score (nSPS) is 10.1. The predicted octanol–water partition coefficient (Wildman–Crippen LogP) is 2.55. The predicted molar refractivity (Wildman–Crippen MR) is 73.0 cm³/mol. The van der Waals surface area contributed by atoms with Gasteiger partial charge < -0.3 is 10.1 Å². The number of carbonyl (C=O) groups is 1. The van der Waals surface area contributed by atoms with Crippen molar-refractivity contribution >= 4 is 5.91 Å². The minimum absolute atomic E-state index is 0.217. The molecule has 20 heavy (non-hydrogen) atoms. The molecule has 0 aliphatic carbocycles. The first-order valence-corrected chi connectivity index (χ1v) is 6.30. The van der Waals surface area contributed by atoms with Crippen LogP contribution in [0, 0.1) is 5.82 Å². The highest BCUT2D eigenvalue weighted by Gasteiger charge is 2.07. The van der Waals surface area contributed by atoms with Gasteiger partial charge in [-0.15, -0.1) is 0 Å². The Bertz CT molecular complexity index is 588. The van der Waals surface area contributed by atoms with Crippen LogP contribution in [-0.2, 0) is 6.54 Å². The number of pyridine rings is 1. The monoisotopic (exact) mass is 274 g/mol. The van der Waals surface area contributed by atoms with Gasteiger partial charge in [0.25, 0.3) is 5.91 Å². The molecule has 1 aromatic carbocycles. The Morgan fingerprint density at radius 1 is 1.40 bits per heavy atom. The number of halogens is 1. The second kappa shape index (κ2) is 6.65. The van der Waals surface area contributed by atoms with Crippen LogP contribution in [0.2, 0.25) is 0 Å². The molecule has 0 aliphatic heterocycles. The average molecular weight is 274 g/mol. The number of aromatic nitrogens is 1. The molecule has 0 saturated heterocycles. The zero-order valence-electron chi connectivity index (χ0n) is 11.1. The zero-order chi connectivity index (χ0) is 14.4. The van der Waals surface area contributed by atoms with Gasteiger partial charge in [-0.05, 0) is 36.8 Å². The molecule has 1 amide bonds. The summed E-state index contributed by atoms with van der Waals surface area (Å²) in [7, 11) is 0. The molecule has 0 saturated carbocycles. The fourth-order valence-electron chi connectivity index (χ4n) is 1.71. The van der Waals surface area contributed by atoms with Gasteiger partial charge >= 0.3 is 0 Å². The number of nitrogens with zero attached hydrogens (tertiary/aromatic N) is 1. The Morgan fingerprint density at radius 2 is 2.25 bits per heavy atom. The average Bonchev–Trinajstić information content (AvgIpc) is 2.48. The molecular weight excluding hydrogens is 259 g/mol. The van der Waals surface area contributed by atoms with Crippen LogP contribution in [0.15, 0.2) is 42.7 Å². The molecule has 4 nitrogen and oxygen atoms in total. The number of ether oxygens (including phenoxy) is 1. The van der Waals surface area contributed by atoms with E-state index in [9.17, 15) is 9.18 Å². The highest BCUT2D eigenvalue weighted by atomic mass is 19.1. The van der Waals surface area contributed by atoms with Crippen molar-refractivity contribution in [1.82, 2.24) is 10.3 Å². The van der Waals surface area contributed by atoms with Crippen LogP contribution in [0.5, 0.6) is 5.75 Å². The Kier molecular flexibility index (Phi) is 4.65. The van der Waals surface area contributed by atoms with Crippen molar-refractivity contribution in [2.75, 3.05) is 6.61 Å². The summed E-state index contributed by atoms with van der Waals surface area (Å²) in [6, 6.07) is 7.99. The number of hydrogen-bond donors (Lipinski definition) is 1. The third kappa shape index (κ3) is 3.54. The van der Waals surface area contributed by atoms with E-state index in [-0.39, 0.29) is 18.2 Å².